The molecule has 2 rings (SSSR count). The first-order chi connectivity index (χ1) is 10.6. The number of hydrogen-bond acceptors (Lipinski definition) is 3. The van der Waals surface area contributed by atoms with Gasteiger partial charge >= 0.3 is 5.97 Å². The Morgan fingerprint density at radius 2 is 2.05 bits per heavy atom. The van der Waals surface area contributed by atoms with Crippen LogP contribution >= 0.6 is 0 Å². The Morgan fingerprint density at radius 1 is 1.32 bits per heavy atom. The first-order valence-corrected chi connectivity index (χ1v) is 7.87. The van der Waals surface area contributed by atoms with E-state index in [1.807, 2.05) is 47.1 Å². The van der Waals surface area contributed by atoms with Gasteiger partial charge in [-0.3, -0.25) is 14.5 Å². The van der Waals surface area contributed by atoms with Crippen LogP contribution in [0.1, 0.15) is 25.3 Å². The van der Waals surface area contributed by atoms with Gasteiger partial charge in [-0.15, -0.1) is 0 Å². The molecule has 5 nitrogen and oxygen atoms in total. The molecule has 1 aliphatic rings. The fourth-order valence-corrected chi connectivity index (χ4v) is 2.87. The molecule has 0 unspecified atom stereocenters. The van der Waals surface area contributed by atoms with Crippen LogP contribution in [0.2, 0.25) is 0 Å². The van der Waals surface area contributed by atoms with Gasteiger partial charge in [-0.2, -0.15) is 0 Å². The molecule has 1 fully saturated rings. The molecule has 120 valence electrons. The smallest absolute Gasteiger partial charge is 0.307 e. The van der Waals surface area contributed by atoms with Gasteiger partial charge < -0.3 is 10.0 Å². The standard InChI is InChI=1S/C17H24N2O3/c1-2-19(11-14-7-4-3-5-8-14)16(20)13-18-10-6-9-15(12-18)17(21)22/h3-5,7-8,15H,2,6,9-13H2,1H3,(H,21,22)/t15-/m0/s1. The normalized spacial score (nSPS) is 18.9. The predicted molar refractivity (Wildman–Crippen MR) is 84.3 cm³/mol. The van der Waals surface area contributed by atoms with Crippen LogP contribution in [0.25, 0.3) is 0 Å². The van der Waals surface area contributed by atoms with E-state index in [1.54, 1.807) is 0 Å². The second-order valence-electron chi connectivity index (χ2n) is 5.81. The van der Waals surface area contributed by atoms with Gasteiger partial charge in [0.15, 0.2) is 0 Å². The number of rotatable bonds is 6. The quantitative estimate of drug-likeness (QED) is 0.871. The maximum absolute atomic E-state index is 12.5. The second kappa shape index (κ2) is 7.94. The highest BCUT2D eigenvalue weighted by Gasteiger charge is 2.27. The summed E-state index contributed by atoms with van der Waals surface area (Å²) in [5.41, 5.74) is 1.11. The van der Waals surface area contributed by atoms with Crippen molar-refractivity contribution >= 4 is 11.9 Å². The van der Waals surface area contributed by atoms with Gasteiger partial charge in [-0.1, -0.05) is 30.3 Å². The van der Waals surface area contributed by atoms with E-state index in [9.17, 15) is 9.59 Å². The van der Waals surface area contributed by atoms with Gasteiger partial charge in [-0.05, 0) is 31.9 Å². The Hall–Kier alpha value is -1.88. The lowest BCUT2D eigenvalue weighted by atomic mass is 9.98. The summed E-state index contributed by atoms with van der Waals surface area (Å²) >= 11 is 0. The molecule has 1 N–H and O–H groups in total. The van der Waals surface area contributed by atoms with Gasteiger partial charge in [-0.25, -0.2) is 0 Å². The van der Waals surface area contributed by atoms with Crippen molar-refractivity contribution < 1.29 is 14.7 Å². The van der Waals surface area contributed by atoms with E-state index in [-0.39, 0.29) is 11.8 Å². The van der Waals surface area contributed by atoms with Gasteiger partial charge in [0, 0.05) is 19.6 Å². The summed E-state index contributed by atoms with van der Waals surface area (Å²) in [6.07, 6.45) is 1.55. The number of likely N-dealkylation sites (tertiary alicyclic amines) is 1. The minimum Gasteiger partial charge on any atom is -0.481 e. The van der Waals surface area contributed by atoms with Crippen molar-refractivity contribution in [3.05, 3.63) is 35.9 Å². The van der Waals surface area contributed by atoms with Gasteiger partial charge in [0.2, 0.25) is 5.91 Å². The Morgan fingerprint density at radius 3 is 2.68 bits per heavy atom. The molecule has 1 atom stereocenters. The first-order valence-electron chi connectivity index (χ1n) is 7.87. The molecule has 0 saturated carbocycles. The minimum absolute atomic E-state index is 0.0670. The van der Waals surface area contributed by atoms with Crippen molar-refractivity contribution in [2.45, 2.75) is 26.3 Å². The predicted octanol–water partition coefficient (Wildman–Crippen LogP) is 1.83. The number of carbonyl (C=O) groups is 2. The highest BCUT2D eigenvalue weighted by atomic mass is 16.4. The van der Waals surface area contributed by atoms with Gasteiger partial charge in [0.25, 0.3) is 0 Å². The number of aliphatic carboxylic acids is 1. The van der Waals surface area contributed by atoms with Gasteiger partial charge in [0.05, 0.1) is 12.5 Å². The Labute approximate surface area is 131 Å². The maximum Gasteiger partial charge on any atom is 0.307 e. The van der Waals surface area contributed by atoms with Crippen LogP contribution in [0, 0.1) is 5.92 Å². The van der Waals surface area contributed by atoms with E-state index >= 15 is 0 Å². The molecule has 1 aliphatic heterocycles. The zero-order valence-corrected chi connectivity index (χ0v) is 13.1. The molecule has 1 heterocycles. The highest BCUT2D eigenvalue weighted by Crippen LogP contribution is 2.16. The lowest BCUT2D eigenvalue weighted by Gasteiger charge is -2.32. The molecule has 0 aromatic heterocycles. The molecule has 0 spiro atoms. The fraction of sp³-hybridized carbons (Fsp3) is 0.529. The number of carboxylic acid groups (broad SMARTS) is 1. The molecule has 0 radical (unpaired) electrons. The van der Waals surface area contributed by atoms with Crippen molar-refractivity contribution in [1.82, 2.24) is 9.80 Å². The maximum atomic E-state index is 12.5. The average molecular weight is 304 g/mol. The third-order valence-corrected chi connectivity index (χ3v) is 4.16. The second-order valence-corrected chi connectivity index (χ2v) is 5.81. The summed E-state index contributed by atoms with van der Waals surface area (Å²) in [6, 6.07) is 9.92. The fourth-order valence-electron chi connectivity index (χ4n) is 2.87. The molecular formula is C17H24N2O3. The zero-order chi connectivity index (χ0) is 15.9. The van der Waals surface area contributed by atoms with Crippen LogP contribution in [-0.4, -0.2) is 53.0 Å². The number of amides is 1. The summed E-state index contributed by atoms with van der Waals surface area (Å²) in [5.74, 6) is -1.03. The van der Waals surface area contributed by atoms with Crippen LogP contribution < -0.4 is 0 Å². The van der Waals surface area contributed by atoms with E-state index in [2.05, 4.69) is 0 Å². The summed E-state index contributed by atoms with van der Waals surface area (Å²) in [5, 5.41) is 9.12. The molecular weight excluding hydrogens is 280 g/mol. The van der Waals surface area contributed by atoms with Crippen LogP contribution in [0.5, 0.6) is 0 Å². The Bertz CT molecular complexity index is 504. The molecule has 5 heteroatoms. The summed E-state index contributed by atoms with van der Waals surface area (Å²) in [4.78, 5) is 27.3. The number of hydrogen-bond donors (Lipinski definition) is 1. The SMILES string of the molecule is CCN(Cc1ccccc1)C(=O)CN1CCC[C@H](C(=O)O)C1. The van der Waals surface area contributed by atoms with Crippen LogP contribution in [0.4, 0.5) is 0 Å². The van der Waals surface area contributed by atoms with E-state index < -0.39 is 5.97 Å². The Balaban J connectivity index is 1.90. The number of carbonyl (C=O) groups excluding carboxylic acids is 1. The lowest BCUT2D eigenvalue weighted by Crippen LogP contribution is -2.45. The van der Waals surface area contributed by atoms with E-state index in [4.69, 9.17) is 5.11 Å². The Kier molecular flexibility index (Phi) is 5.95. The molecule has 22 heavy (non-hydrogen) atoms. The van der Waals surface area contributed by atoms with Crippen LogP contribution in [0.15, 0.2) is 30.3 Å². The number of benzene rings is 1. The monoisotopic (exact) mass is 304 g/mol. The van der Waals surface area contributed by atoms with E-state index in [0.29, 0.717) is 32.6 Å². The molecule has 1 aromatic carbocycles. The van der Waals surface area contributed by atoms with E-state index in [1.165, 1.54) is 0 Å². The van der Waals surface area contributed by atoms with Crippen molar-refractivity contribution in [3.8, 4) is 0 Å². The van der Waals surface area contributed by atoms with Crippen LogP contribution in [0.3, 0.4) is 0 Å². The van der Waals surface area contributed by atoms with Crippen molar-refractivity contribution in [2.24, 2.45) is 5.92 Å². The third-order valence-electron chi connectivity index (χ3n) is 4.16. The lowest BCUT2D eigenvalue weighted by molar-refractivity contribution is -0.145. The largest absolute Gasteiger partial charge is 0.481 e. The number of likely N-dealkylation sites (N-methyl/N-ethyl adjacent to an activating group) is 1. The molecule has 1 saturated heterocycles. The highest BCUT2D eigenvalue weighted by molar-refractivity contribution is 5.78. The van der Waals surface area contributed by atoms with Gasteiger partial charge in [0.1, 0.15) is 0 Å². The molecule has 1 amide bonds. The third kappa shape index (κ3) is 4.56. The topological polar surface area (TPSA) is 60.9 Å². The minimum atomic E-state index is -0.756. The molecule has 0 aliphatic carbocycles. The van der Waals surface area contributed by atoms with Crippen molar-refractivity contribution in [3.63, 3.8) is 0 Å². The molecule has 1 aromatic rings. The van der Waals surface area contributed by atoms with Crippen molar-refractivity contribution in [1.29, 1.82) is 0 Å². The number of piperidine rings is 1. The molecule has 0 bridgehead atoms. The summed E-state index contributed by atoms with van der Waals surface area (Å²) in [7, 11) is 0. The number of carboxylic acids is 1. The van der Waals surface area contributed by atoms with Crippen LogP contribution in [-0.2, 0) is 16.1 Å². The zero-order valence-electron chi connectivity index (χ0n) is 13.1. The van der Waals surface area contributed by atoms with E-state index in [0.717, 1.165) is 18.5 Å². The first kappa shape index (κ1) is 16.5. The average Bonchev–Trinajstić information content (AvgIpc) is 2.53. The van der Waals surface area contributed by atoms with Crippen molar-refractivity contribution in [2.75, 3.05) is 26.2 Å². The summed E-state index contributed by atoms with van der Waals surface area (Å²) < 4.78 is 0. The summed E-state index contributed by atoms with van der Waals surface area (Å²) in [6.45, 7) is 4.82. The number of nitrogens with zero attached hydrogens (tertiary/aromatic N) is 2.